The van der Waals surface area contributed by atoms with Crippen LogP contribution in [0, 0.1) is 0 Å². The monoisotopic (exact) mass is 303 g/mol. The Hall–Kier alpha value is -0.990. The zero-order chi connectivity index (χ0) is 14.8. The fourth-order valence-corrected chi connectivity index (χ4v) is 3.18. The minimum Gasteiger partial charge on any atom is -0.370 e. The first-order chi connectivity index (χ1) is 9.36. The highest BCUT2D eigenvalue weighted by Gasteiger charge is 2.40. The summed E-state index contributed by atoms with van der Waals surface area (Å²) in [6, 6.07) is -0.568. The molecule has 1 atom stereocenters. The lowest BCUT2D eigenvalue weighted by Gasteiger charge is -2.22. The van der Waals surface area contributed by atoms with Gasteiger partial charge in [0, 0.05) is 13.4 Å². The molecule has 2 N–H and O–H groups in total. The lowest BCUT2D eigenvalue weighted by Crippen LogP contribution is -2.26. The van der Waals surface area contributed by atoms with Gasteiger partial charge in [-0.25, -0.2) is 8.42 Å². The van der Waals surface area contributed by atoms with E-state index in [4.69, 9.17) is 15.0 Å². The number of methoxy groups -OCH3 is 1. The average molecular weight is 303 g/mol. The minimum absolute atomic E-state index is 0.00129. The predicted molar refractivity (Wildman–Crippen MR) is 72.7 cm³/mol. The van der Waals surface area contributed by atoms with Gasteiger partial charge in [-0.1, -0.05) is 5.16 Å². The summed E-state index contributed by atoms with van der Waals surface area (Å²) in [5.74, 6) is 0.788. The number of rotatable bonds is 6. The van der Waals surface area contributed by atoms with Gasteiger partial charge in [0.2, 0.25) is 11.7 Å². The fourth-order valence-electron chi connectivity index (χ4n) is 2.50. The molecule has 0 spiro atoms. The van der Waals surface area contributed by atoms with E-state index in [2.05, 4.69) is 10.1 Å². The van der Waals surface area contributed by atoms with Gasteiger partial charge in [0.25, 0.3) is 0 Å². The van der Waals surface area contributed by atoms with Crippen molar-refractivity contribution in [2.24, 2.45) is 5.73 Å². The molecule has 1 aliphatic carbocycles. The minimum atomic E-state index is -3.05. The van der Waals surface area contributed by atoms with Crippen molar-refractivity contribution in [3.8, 4) is 0 Å². The van der Waals surface area contributed by atoms with Gasteiger partial charge < -0.3 is 15.0 Å². The Morgan fingerprint density at radius 1 is 1.45 bits per heavy atom. The highest BCUT2D eigenvalue weighted by molar-refractivity contribution is 7.90. The third kappa shape index (κ3) is 3.36. The molecule has 1 aromatic heterocycles. The van der Waals surface area contributed by atoms with Crippen LogP contribution in [-0.2, 0) is 20.2 Å². The SMILES string of the molecule is COC1(c2noc(C(N)CCS(C)(=O)=O)n2)CCCC1. The second-order valence-electron chi connectivity index (χ2n) is 5.39. The molecule has 0 aromatic carbocycles. The summed E-state index contributed by atoms with van der Waals surface area (Å²) in [6.07, 6.45) is 5.30. The number of nitrogens with two attached hydrogens (primary N) is 1. The van der Waals surface area contributed by atoms with Gasteiger partial charge in [0.05, 0.1) is 11.8 Å². The molecule has 7 nitrogen and oxygen atoms in total. The normalized spacial score (nSPS) is 20.1. The van der Waals surface area contributed by atoms with Crippen molar-refractivity contribution in [1.82, 2.24) is 10.1 Å². The largest absolute Gasteiger partial charge is 0.370 e. The van der Waals surface area contributed by atoms with Crippen LogP contribution in [0.4, 0.5) is 0 Å². The summed E-state index contributed by atoms with van der Waals surface area (Å²) in [5.41, 5.74) is 5.42. The van der Waals surface area contributed by atoms with Crippen LogP contribution in [0.1, 0.15) is 49.9 Å². The molecule has 2 rings (SSSR count). The van der Waals surface area contributed by atoms with E-state index in [9.17, 15) is 8.42 Å². The first-order valence-corrected chi connectivity index (χ1v) is 8.75. The van der Waals surface area contributed by atoms with E-state index >= 15 is 0 Å². The van der Waals surface area contributed by atoms with Gasteiger partial charge in [0.1, 0.15) is 15.4 Å². The fraction of sp³-hybridized carbons (Fsp3) is 0.833. The molecular weight excluding hydrogens is 282 g/mol. The Balaban J connectivity index is 2.08. The third-order valence-corrected chi connectivity index (χ3v) is 4.75. The Morgan fingerprint density at radius 3 is 2.65 bits per heavy atom. The number of aromatic nitrogens is 2. The second-order valence-corrected chi connectivity index (χ2v) is 7.65. The molecule has 0 bridgehead atoms. The van der Waals surface area contributed by atoms with Crippen molar-refractivity contribution in [2.45, 2.75) is 43.7 Å². The van der Waals surface area contributed by atoms with E-state index in [1.54, 1.807) is 7.11 Å². The summed E-state index contributed by atoms with van der Waals surface area (Å²) in [4.78, 5) is 4.31. The molecule has 1 saturated carbocycles. The van der Waals surface area contributed by atoms with Crippen molar-refractivity contribution in [1.29, 1.82) is 0 Å². The van der Waals surface area contributed by atoms with E-state index in [1.807, 2.05) is 0 Å². The van der Waals surface area contributed by atoms with Gasteiger partial charge in [-0.3, -0.25) is 0 Å². The molecule has 1 aromatic rings. The summed E-state index contributed by atoms with van der Waals surface area (Å²) >= 11 is 0. The maximum atomic E-state index is 11.1. The number of hydrogen-bond acceptors (Lipinski definition) is 7. The van der Waals surface area contributed by atoms with Crippen LogP contribution in [-0.4, -0.2) is 37.7 Å². The van der Waals surface area contributed by atoms with Crippen LogP contribution >= 0.6 is 0 Å². The highest BCUT2D eigenvalue weighted by Crippen LogP contribution is 2.40. The Morgan fingerprint density at radius 2 is 2.10 bits per heavy atom. The molecule has 0 amide bonds. The number of hydrogen-bond donors (Lipinski definition) is 1. The number of sulfone groups is 1. The van der Waals surface area contributed by atoms with Crippen LogP contribution in [0.15, 0.2) is 4.52 Å². The van der Waals surface area contributed by atoms with Gasteiger partial charge in [0.15, 0.2) is 0 Å². The molecule has 1 unspecified atom stereocenters. The lowest BCUT2D eigenvalue weighted by molar-refractivity contribution is -0.0178. The standard InChI is InChI=1S/C12H21N3O4S/c1-18-12(6-3-4-7-12)11-14-10(19-15-11)9(13)5-8-20(2,16)17/h9H,3-8,13H2,1-2H3. The zero-order valence-electron chi connectivity index (χ0n) is 11.8. The summed E-state index contributed by atoms with van der Waals surface area (Å²) in [7, 11) is -1.40. The summed E-state index contributed by atoms with van der Waals surface area (Å²) < 4.78 is 33.0. The lowest BCUT2D eigenvalue weighted by atomic mass is 10.0. The van der Waals surface area contributed by atoms with E-state index in [1.165, 1.54) is 6.26 Å². The molecule has 8 heteroatoms. The molecular formula is C12H21N3O4S. The van der Waals surface area contributed by atoms with Crippen LogP contribution in [0.5, 0.6) is 0 Å². The van der Waals surface area contributed by atoms with Crippen LogP contribution < -0.4 is 5.73 Å². The smallest absolute Gasteiger partial charge is 0.243 e. The average Bonchev–Trinajstić information content (AvgIpc) is 3.04. The van der Waals surface area contributed by atoms with E-state index < -0.39 is 21.5 Å². The maximum absolute atomic E-state index is 11.1. The quantitative estimate of drug-likeness (QED) is 0.832. The maximum Gasteiger partial charge on any atom is 0.243 e. The Kier molecular flexibility index (Phi) is 4.46. The Bertz CT molecular complexity index is 549. The number of ether oxygens (including phenoxy) is 1. The Labute approximate surface area is 118 Å². The molecule has 0 saturated heterocycles. The number of nitrogens with zero attached hydrogens (tertiary/aromatic N) is 2. The van der Waals surface area contributed by atoms with Crippen molar-refractivity contribution in [2.75, 3.05) is 19.1 Å². The molecule has 114 valence electrons. The van der Waals surface area contributed by atoms with E-state index in [-0.39, 0.29) is 18.1 Å². The van der Waals surface area contributed by atoms with E-state index in [0.29, 0.717) is 5.82 Å². The van der Waals surface area contributed by atoms with Gasteiger partial charge >= 0.3 is 0 Å². The van der Waals surface area contributed by atoms with Gasteiger partial charge in [-0.05, 0) is 32.1 Å². The van der Waals surface area contributed by atoms with Crippen LogP contribution in [0.25, 0.3) is 0 Å². The van der Waals surface area contributed by atoms with Crippen molar-refractivity contribution < 1.29 is 17.7 Å². The van der Waals surface area contributed by atoms with Crippen molar-refractivity contribution in [3.05, 3.63) is 11.7 Å². The molecule has 0 aliphatic heterocycles. The molecule has 20 heavy (non-hydrogen) atoms. The molecule has 1 fully saturated rings. The summed E-state index contributed by atoms with van der Waals surface area (Å²) in [6.45, 7) is 0. The second kappa shape index (κ2) is 5.79. The zero-order valence-corrected chi connectivity index (χ0v) is 12.6. The third-order valence-electron chi connectivity index (χ3n) is 3.77. The summed E-state index contributed by atoms with van der Waals surface area (Å²) in [5, 5.41) is 3.97. The van der Waals surface area contributed by atoms with Crippen LogP contribution in [0.3, 0.4) is 0 Å². The first-order valence-electron chi connectivity index (χ1n) is 6.69. The molecule has 0 radical (unpaired) electrons. The molecule has 1 aliphatic rings. The predicted octanol–water partition coefficient (Wildman–Crippen LogP) is 0.920. The van der Waals surface area contributed by atoms with Crippen molar-refractivity contribution in [3.63, 3.8) is 0 Å². The topological polar surface area (TPSA) is 108 Å². The first kappa shape index (κ1) is 15.4. The van der Waals surface area contributed by atoms with Crippen LogP contribution in [0.2, 0.25) is 0 Å². The van der Waals surface area contributed by atoms with Gasteiger partial charge in [-0.2, -0.15) is 4.98 Å². The van der Waals surface area contributed by atoms with Crippen molar-refractivity contribution >= 4 is 9.84 Å². The highest BCUT2D eigenvalue weighted by atomic mass is 32.2. The van der Waals surface area contributed by atoms with E-state index in [0.717, 1.165) is 25.7 Å². The van der Waals surface area contributed by atoms with Gasteiger partial charge in [-0.15, -0.1) is 0 Å². The molecule has 1 heterocycles.